The van der Waals surface area contributed by atoms with Crippen molar-refractivity contribution in [3.8, 4) is 11.4 Å². The summed E-state index contributed by atoms with van der Waals surface area (Å²) in [6, 6.07) is 14.1. The lowest BCUT2D eigenvalue weighted by atomic mass is 10.1. The summed E-state index contributed by atoms with van der Waals surface area (Å²) in [4.78, 5) is 0. The van der Waals surface area contributed by atoms with Crippen molar-refractivity contribution in [3.63, 3.8) is 0 Å². The Hall–Kier alpha value is -2.79. The fourth-order valence-corrected chi connectivity index (χ4v) is 2.51. The van der Waals surface area contributed by atoms with Gasteiger partial charge >= 0.3 is 0 Å². The van der Waals surface area contributed by atoms with Crippen molar-refractivity contribution in [2.75, 3.05) is 0 Å². The van der Waals surface area contributed by atoms with Gasteiger partial charge < -0.3 is 9.67 Å². The number of halogens is 1. The van der Waals surface area contributed by atoms with Crippen molar-refractivity contribution in [1.82, 2.24) is 14.8 Å². The third-order valence-corrected chi connectivity index (χ3v) is 3.86. The molecule has 3 aromatic rings. The number of hydrogen-bond donors (Lipinski definition) is 1. The summed E-state index contributed by atoms with van der Waals surface area (Å²) < 4.78 is 14.9. The molecule has 0 radical (unpaired) electrons. The molecule has 122 valence electrons. The molecule has 0 saturated carbocycles. The molecule has 1 heterocycles. The molecule has 0 bridgehead atoms. The summed E-state index contributed by atoms with van der Waals surface area (Å²) in [5, 5.41) is 17.8. The van der Waals surface area contributed by atoms with Gasteiger partial charge in [0, 0.05) is 5.56 Å². The van der Waals surface area contributed by atoms with E-state index in [1.54, 1.807) is 12.1 Å². The average molecular weight is 323 g/mol. The fraction of sp³-hybridized carbons (Fsp3) is 0.158. The smallest absolute Gasteiger partial charge is 0.164 e. The molecule has 0 aliphatic rings. The SMILES string of the molecule is C=C(C)c1ccc(-c2nnc(CO)n2Cc2ccc(F)cc2)cc1. The lowest BCUT2D eigenvalue weighted by Crippen LogP contribution is -2.07. The summed E-state index contributed by atoms with van der Waals surface area (Å²) in [5.74, 6) is 0.857. The molecule has 1 aromatic heterocycles. The van der Waals surface area contributed by atoms with Crippen LogP contribution in [0.4, 0.5) is 4.39 Å². The Labute approximate surface area is 139 Å². The maximum absolute atomic E-state index is 13.1. The van der Waals surface area contributed by atoms with Crippen LogP contribution in [0.15, 0.2) is 55.1 Å². The second kappa shape index (κ2) is 6.76. The molecule has 0 spiro atoms. The van der Waals surface area contributed by atoms with E-state index in [-0.39, 0.29) is 12.4 Å². The lowest BCUT2D eigenvalue weighted by molar-refractivity contribution is 0.266. The molecular weight excluding hydrogens is 305 g/mol. The normalized spacial score (nSPS) is 10.8. The van der Waals surface area contributed by atoms with Gasteiger partial charge in [0.05, 0.1) is 6.54 Å². The second-order valence-electron chi connectivity index (χ2n) is 5.67. The predicted octanol–water partition coefficient (Wildman–Crippen LogP) is 3.66. The van der Waals surface area contributed by atoms with E-state index in [1.165, 1.54) is 12.1 Å². The summed E-state index contributed by atoms with van der Waals surface area (Å²) in [5.41, 5.74) is 3.86. The van der Waals surface area contributed by atoms with Crippen molar-refractivity contribution < 1.29 is 9.50 Å². The van der Waals surface area contributed by atoms with Gasteiger partial charge in [0.15, 0.2) is 11.6 Å². The number of aromatic nitrogens is 3. The van der Waals surface area contributed by atoms with E-state index in [0.717, 1.165) is 22.3 Å². The van der Waals surface area contributed by atoms with Crippen molar-refractivity contribution in [2.45, 2.75) is 20.1 Å². The monoisotopic (exact) mass is 323 g/mol. The quantitative estimate of drug-likeness (QED) is 0.779. The summed E-state index contributed by atoms with van der Waals surface area (Å²) in [6.07, 6.45) is 0. The van der Waals surface area contributed by atoms with Gasteiger partial charge in [-0.3, -0.25) is 0 Å². The first-order chi connectivity index (χ1) is 11.6. The van der Waals surface area contributed by atoms with E-state index in [9.17, 15) is 9.50 Å². The molecule has 4 nitrogen and oxygen atoms in total. The lowest BCUT2D eigenvalue weighted by Gasteiger charge is -2.10. The Morgan fingerprint density at radius 2 is 1.75 bits per heavy atom. The van der Waals surface area contributed by atoms with Crippen LogP contribution < -0.4 is 0 Å². The Morgan fingerprint density at radius 1 is 1.08 bits per heavy atom. The first-order valence-electron chi connectivity index (χ1n) is 7.62. The van der Waals surface area contributed by atoms with Crippen LogP contribution in [0.3, 0.4) is 0 Å². The minimum absolute atomic E-state index is 0.210. The van der Waals surface area contributed by atoms with Gasteiger partial charge in [-0.05, 0) is 30.2 Å². The molecule has 0 unspecified atom stereocenters. The van der Waals surface area contributed by atoms with Crippen molar-refractivity contribution in [3.05, 3.63) is 77.9 Å². The van der Waals surface area contributed by atoms with E-state index in [4.69, 9.17) is 0 Å². The van der Waals surface area contributed by atoms with Gasteiger partial charge in [0.1, 0.15) is 12.4 Å². The van der Waals surface area contributed by atoms with Crippen LogP contribution in [0, 0.1) is 5.82 Å². The molecule has 0 saturated heterocycles. The highest BCUT2D eigenvalue weighted by Gasteiger charge is 2.14. The van der Waals surface area contributed by atoms with Gasteiger partial charge in [0.2, 0.25) is 0 Å². The number of nitrogens with zero attached hydrogens (tertiary/aromatic N) is 3. The highest BCUT2D eigenvalue weighted by molar-refractivity contribution is 5.65. The van der Waals surface area contributed by atoms with Crippen LogP contribution >= 0.6 is 0 Å². The third-order valence-electron chi connectivity index (χ3n) is 3.86. The molecule has 0 fully saturated rings. The van der Waals surface area contributed by atoms with Gasteiger partial charge in [-0.15, -0.1) is 10.2 Å². The molecule has 0 atom stereocenters. The van der Waals surface area contributed by atoms with Gasteiger partial charge in [-0.2, -0.15) is 0 Å². The maximum Gasteiger partial charge on any atom is 0.164 e. The van der Waals surface area contributed by atoms with E-state index in [2.05, 4.69) is 16.8 Å². The summed E-state index contributed by atoms with van der Waals surface area (Å²) in [7, 11) is 0. The van der Waals surface area contributed by atoms with Crippen LogP contribution in [0.25, 0.3) is 17.0 Å². The van der Waals surface area contributed by atoms with E-state index < -0.39 is 0 Å². The topological polar surface area (TPSA) is 50.9 Å². The number of hydrogen-bond acceptors (Lipinski definition) is 3. The van der Waals surface area contributed by atoms with E-state index in [0.29, 0.717) is 18.2 Å². The molecule has 3 rings (SSSR count). The largest absolute Gasteiger partial charge is 0.388 e. The van der Waals surface area contributed by atoms with Crippen LogP contribution in [0.1, 0.15) is 23.9 Å². The minimum atomic E-state index is -0.277. The molecule has 1 N–H and O–H groups in total. The Bertz CT molecular complexity index is 851. The first kappa shape index (κ1) is 16.1. The molecule has 24 heavy (non-hydrogen) atoms. The predicted molar refractivity (Wildman–Crippen MR) is 91.6 cm³/mol. The Morgan fingerprint density at radius 3 is 2.33 bits per heavy atom. The fourth-order valence-electron chi connectivity index (χ4n) is 2.51. The van der Waals surface area contributed by atoms with Crippen LogP contribution in [0.5, 0.6) is 0 Å². The zero-order chi connectivity index (χ0) is 17.1. The number of rotatable bonds is 5. The van der Waals surface area contributed by atoms with Crippen molar-refractivity contribution in [2.24, 2.45) is 0 Å². The number of benzene rings is 2. The van der Waals surface area contributed by atoms with Gasteiger partial charge in [-0.1, -0.05) is 48.6 Å². The molecular formula is C19H18FN3O. The average Bonchev–Trinajstić information content (AvgIpc) is 2.99. The second-order valence-corrected chi connectivity index (χ2v) is 5.67. The van der Waals surface area contributed by atoms with E-state index >= 15 is 0 Å². The number of aliphatic hydroxyl groups is 1. The van der Waals surface area contributed by atoms with Gasteiger partial charge in [0.25, 0.3) is 0 Å². The molecule has 0 amide bonds. The van der Waals surface area contributed by atoms with Gasteiger partial charge in [-0.25, -0.2) is 4.39 Å². The summed E-state index contributed by atoms with van der Waals surface area (Å²) >= 11 is 0. The Kier molecular flexibility index (Phi) is 4.53. The third kappa shape index (κ3) is 3.26. The highest BCUT2D eigenvalue weighted by atomic mass is 19.1. The molecule has 5 heteroatoms. The highest BCUT2D eigenvalue weighted by Crippen LogP contribution is 2.22. The zero-order valence-corrected chi connectivity index (χ0v) is 13.4. The van der Waals surface area contributed by atoms with Crippen LogP contribution in [-0.4, -0.2) is 19.9 Å². The molecule has 0 aliphatic carbocycles. The first-order valence-corrected chi connectivity index (χ1v) is 7.62. The summed E-state index contributed by atoms with van der Waals surface area (Å²) in [6.45, 7) is 6.13. The van der Waals surface area contributed by atoms with Crippen molar-refractivity contribution >= 4 is 5.57 Å². The van der Waals surface area contributed by atoms with E-state index in [1.807, 2.05) is 35.8 Å². The Balaban J connectivity index is 1.98. The maximum atomic E-state index is 13.1. The molecule has 2 aromatic carbocycles. The van der Waals surface area contributed by atoms with Crippen LogP contribution in [-0.2, 0) is 13.2 Å². The number of aliphatic hydroxyl groups excluding tert-OH is 1. The molecule has 0 aliphatic heterocycles. The van der Waals surface area contributed by atoms with Crippen LogP contribution in [0.2, 0.25) is 0 Å². The standard InChI is InChI=1S/C19H18FN3O/c1-13(2)15-5-7-16(8-6-15)19-22-21-18(12-24)23(19)11-14-3-9-17(20)10-4-14/h3-10,24H,1,11-12H2,2H3. The van der Waals surface area contributed by atoms with Crippen molar-refractivity contribution in [1.29, 1.82) is 0 Å². The zero-order valence-electron chi connectivity index (χ0n) is 13.4. The minimum Gasteiger partial charge on any atom is -0.388 e. The number of allylic oxidation sites excluding steroid dienone is 1.